The van der Waals surface area contributed by atoms with Gasteiger partial charge in [-0.25, -0.2) is 33.3 Å². The molecule has 11 nitrogen and oxygen atoms in total. The van der Waals surface area contributed by atoms with Crippen LogP contribution in [0.3, 0.4) is 0 Å². The van der Waals surface area contributed by atoms with Crippen molar-refractivity contribution in [2.24, 2.45) is 0 Å². The number of amides is 1. The van der Waals surface area contributed by atoms with Gasteiger partial charge in [0.05, 0.1) is 17.5 Å². The first-order valence-electron chi connectivity index (χ1n) is 13.7. The maximum Gasteiger partial charge on any atom is 0.416 e. The molecule has 6 rings (SSSR count). The van der Waals surface area contributed by atoms with Gasteiger partial charge in [0, 0.05) is 32.1 Å². The molecule has 1 aliphatic rings. The molecular weight excluding hydrogens is 555 g/mol. The van der Waals surface area contributed by atoms with Crippen LogP contribution < -0.4 is 4.90 Å². The monoisotopic (exact) mass is 586 g/mol. The van der Waals surface area contributed by atoms with Crippen molar-refractivity contribution >= 4 is 25.6 Å². The molecule has 5 aromatic rings. The molecule has 0 bridgehead atoms. The summed E-state index contributed by atoms with van der Waals surface area (Å²) >= 11 is 0. The number of anilines is 1. The SMILES string of the molecule is Cc1cccc([C@H]2COC(=O)N2c2ccn3ncc(-c4ccc(-c5ncn(COCC[Si](C)(C)C)n5)c(F)c4)c3n2)n1. The topological polar surface area (TPSA) is 113 Å². The number of carbonyl (C=O) groups excluding carboxylic acids is 1. The van der Waals surface area contributed by atoms with Crippen LogP contribution in [0.25, 0.3) is 28.2 Å². The highest BCUT2D eigenvalue weighted by atomic mass is 28.3. The zero-order chi connectivity index (χ0) is 29.4. The molecule has 1 atom stereocenters. The van der Waals surface area contributed by atoms with Crippen LogP contribution in [0, 0.1) is 12.7 Å². The summed E-state index contributed by atoms with van der Waals surface area (Å²) in [6, 6.07) is 12.8. The minimum Gasteiger partial charge on any atom is -0.446 e. The number of cyclic esters (lactones) is 1. The molecule has 1 aromatic carbocycles. The van der Waals surface area contributed by atoms with Crippen molar-refractivity contribution in [2.45, 2.75) is 45.4 Å². The fraction of sp³-hybridized carbons (Fsp3) is 0.310. The Morgan fingerprint density at radius 1 is 1.12 bits per heavy atom. The predicted molar refractivity (Wildman–Crippen MR) is 157 cm³/mol. The van der Waals surface area contributed by atoms with Crippen molar-refractivity contribution in [2.75, 3.05) is 18.1 Å². The maximum absolute atomic E-state index is 15.4. The Hall–Kier alpha value is -4.49. The fourth-order valence-electron chi connectivity index (χ4n) is 4.72. The largest absolute Gasteiger partial charge is 0.446 e. The third-order valence-corrected chi connectivity index (χ3v) is 8.71. The third-order valence-electron chi connectivity index (χ3n) is 7.00. The van der Waals surface area contributed by atoms with Crippen LogP contribution in [0.4, 0.5) is 15.0 Å². The van der Waals surface area contributed by atoms with Crippen LogP contribution in [0.2, 0.25) is 25.7 Å². The molecule has 1 aliphatic heterocycles. The number of benzene rings is 1. The zero-order valence-corrected chi connectivity index (χ0v) is 24.9. The lowest BCUT2D eigenvalue weighted by atomic mass is 10.1. The molecule has 0 unspecified atom stereocenters. The number of aromatic nitrogens is 7. The fourth-order valence-corrected chi connectivity index (χ4v) is 5.48. The smallest absolute Gasteiger partial charge is 0.416 e. The highest BCUT2D eigenvalue weighted by molar-refractivity contribution is 6.76. The van der Waals surface area contributed by atoms with Crippen molar-refractivity contribution in [3.63, 3.8) is 0 Å². The van der Waals surface area contributed by atoms with Crippen LogP contribution in [-0.4, -0.2) is 61.7 Å². The summed E-state index contributed by atoms with van der Waals surface area (Å²) in [7, 11) is -1.18. The van der Waals surface area contributed by atoms with Crippen LogP contribution in [0.1, 0.15) is 17.4 Å². The minimum absolute atomic E-state index is 0.162. The molecule has 0 spiro atoms. The predicted octanol–water partition coefficient (Wildman–Crippen LogP) is 5.51. The molecule has 1 fully saturated rings. The van der Waals surface area contributed by atoms with E-state index in [0.29, 0.717) is 34.9 Å². The second kappa shape index (κ2) is 11.1. The highest BCUT2D eigenvalue weighted by Crippen LogP contribution is 2.33. The first kappa shape index (κ1) is 27.7. The number of carbonyl (C=O) groups is 1. The summed E-state index contributed by atoms with van der Waals surface area (Å²) < 4.78 is 29.6. The van der Waals surface area contributed by atoms with Gasteiger partial charge in [0.15, 0.2) is 11.5 Å². The van der Waals surface area contributed by atoms with Crippen molar-refractivity contribution in [1.82, 2.24) is 34.3 Å². The zero-order valence-electron chi connectivity index (χ0n) is 23.9. The molecule has 216 valence electrons. The molecule has 0 aliphatic carbocycles. The van der Waals surface area contributed by atoms with Crippen LogP contribution in [0.5, 0.6) is 0 Å². The van der Waals surface area contributed by atoms with E-state index in [1.807, 2.05) is 25.1 Å². The molecular formula is C29H31FN8O3Si. The molecule has 5 heterocycles. The van der Waals surface area contributed by atoms with Gasteiger partial charge in [-0.3, -0.25) is 4.98 Å². The minimum atomic E-state index is -1.18. The van der Waals surface area contributed by atoms with E-state index in [1.54, 1.807) is 39.8 Å². The summed E-state index contributed by atoms with van der Waals surface area (Å²) in [4.78, 5) is 27.8. The molecule has 0 saturated carbocycles. The number of hydrogen-bond acceptors (Lipinski definition) is 8. The summed E-state index contributed by atoms with van der Waals surface area (Å²) in [5.41, 5.74) is 3.47. The van der Waals surface area contributed by atoms with Gasteiger partial charge in [0.25, 0.3) is 0 Å². The van der Waals surface area contributed by atoms with E-state index >= 15 is 4.39 Å². The lowest BCUT2D eigenvalue weighted by Gasteiger charge is -2.20. The summed E-state index contributed by atoms with van der Waals surface area (Å²) in [6.07, 6.45) is 4.36. The summed E-state index contributed by atoms with van der Waals surface area (Å²) in [5.74, 6) is 0.185. The molecule has 1 amide bonds. The lowest BCUT2D eigenvalue weighted by molar-refractivity contribution is 0.0784. The maximum atomic E-state index is 15.4. The number of nitrogens with zero attached hydrogens (tertiary/aromatic N) is 8. The third kappa shape index (κ3) is 5.65. The lowest BCUT2D eigenvalue weighted by Crippen LogP contribution is -2.29. The second-order valence-corrected chi connectivity index (χ2v) is 17.1. The molecule has 13 heteroatoms. The van der Waals surface area contributed by atoms with Crippen LogP contribution in [0.15, 0.2) is 61.2 Å². The van der Waals surface area contributed by atoms with E-state index in [-0.39, 0.29) is 24.7 Å². The van der Waals surface area contributed by atoms with Crippen molar-refractivity contribution in [1.29, 1.82) is 0 Å². The van der Waals surface area contributed by atoms with Crippen molar-refractivity contribution in [3.05, 3.63) is 78.4 Å². The van der Waals surface area contributed by atoms with E-state index in [1.165, 1.54) is 17.3 Å². The van der Waals surface area contributed by atoms with Gasteiger partial charge in [-0.2, -0.15) is 5.10 Å². The number of fused-ring (bicyclic) bond motifs is 1. The first-order valence-corrected chi connectivity index (χ1v) is 17.4. The molecule has 42 heavy (non-hydrogen) atoms. The van der Waals surface area contributed by atoms with Crippen molar-refractivity contribution < 1.29 is 18.7 Å². The van der Waals surface area contributed by atoms with E-state index in [2.05, 4.69) is 39.8 Å². The number of hydrogen-bond donors (Lipinski definition) is 0. The Morgan fingerprint density at radius 3 is 2.76 bits per heavy atom. The van der Waals surface area contributed by atoms with Gasteiger partial charge < -0.3 is 9.47 Å². The Bertz CT molecular complexity index is 1770. The molecule has 1 saturated heterocycles. The normalized spacial score (nSPS) is 15.5. The van der Waals surface area contributed by atoms with E-state index < -0.39 is 26.0 Å². The summed E-state index contributed by atoms with van der Waals surface area (Å²) in [5, 5.41) is 8.77. The quantitative estimate of drug-likeness (QED) is 0.164. The molecule has 0 radical (unpaired) electrons. The average molecular weight is 587 g/mol. The van der Waals surface area contributed by atoms with E-state index in [0.717, 1.165) is 11.7 Å². The number of rotatable bonds is 9. The van der Waals surface area contributed by atoms with E-state index in [4.69, 9.17) is 14.5 Å². The Kier molecular flexibility index (Phi) is 7.29. The Labute approximate surface area is 243 Å². The number of ether oxygens (including phenoxy) is 2. The number of pyridine rings is 1. The van der Waals surface area contributed by atoms with Crippen molar-refractivity contribution in [3.8, 4) is 22.5 Å². The van der Waals surface area contributed by atoms with E-state index in [9.17, 15) is 4.79 Å². The van der Waals surface area contributed by atoms with Gasteiger partial charge in [-0.15, -0.1) is 5.10 Å². The average Bonchev–Trinajstić information content (AvgIpc) is 3.68. The van der Waals surface area contributed by atoms with Gasteiger partial charge in [0.2, 0.25) is 0 Å². The van der Waals surface area contributed by atoms with Gasteiger partial charge >= 0.3 is 6.09 Å². The number of halogens is 1. The van der Waals surface area contributed by atoms with Gasteiger partial charge in [-0.1, -0.05) is 31.8 Å². The van der Waals surface area contributed by atoms with Gasteiger partial charge in [-0.05, 0) is 48.9 Å². The van der Waals surface area contributed by atoms with Crippen LogP contribution >= 0.6 is 0 Å². The summed E-state index contributed by atoms with van der Waals surface area (Å²) in [6.45, 7) is 9.86. The molecule has 0 N–H and O–H groups in total. The Morgan fingerprint density at radius 2 is 1.98 bits per heavy atom. The second-order valence-electron chi connectivity index (χ2n) is 11.4. The highest BCUT2D eigenvalue weighted by Gasteiger charge is 2.37. The molecule has 4 aromatic heterocycles. The standard InChI is InChI=1S/C29H31FN8O3Si/c1-19-6-5-7-24(33-19)25-16-41-29(39)38(25)26-10-11-37-28(34-26)22(15-32-37)20-8-9-21(23(30)14-20)27-31-17-36(35-27)18-40-12-13-42(2,3)4/h5-11,14-15,17,25H,12-13,16,18H2,1-4H3/t25-/m1/s1. The Balaban J connectivity index is 1.25. The van der Waals surface area contributed by atoms with Crippen LogP contribution in [-0.2, 0) is 16.2 Å². The first-order chi connectivity index (χ1) is 20.2. The van der Waals surface area contributed by atoms with Gasteiger partial charge in [0.1, 0.15) is 37.3 Å². The number of aryl methyl sites for hydroxylation is 1.